The fourth-order valence-corrected chi connectivity index (χ4v) is 1.70. The molecule has 4 nitrogen and oxygen atoms in total. The van der Waals surface area contributed by atoms with Gasteiger partial charge in [0.2, 0.25) is 0 Å². The van der Waals surface area contributed by atoms with Crippen molar-refractivity contribution in [3.63, 3.8) is 0 Å². The van der Waals surface area contributed by atoms with Crippen LogP contribution in [0.4, 0.5) is 0 Å². The van der Waals surface area contributed by atoms with Crippen molar-refractivity contribution in [1.82, 2.24) is 0 Å². The van der Waals surface area contributed by atoms with Crippen molar-refractivity contribution < 1.29 is 30.7 Å². The average Bonchev–Trinajstić information content (AvgIpc) is 2.63. The maximum absolute atomic E-state index is 5.99. The van der Waals surface area contributed by atoms with Crippen LogP contribution in [0, 0.1) is 13.3 Å². The first-order valence-corrected chi connectivity index (χ1v) is 5.92. The zero-order chi connectivity index (χ0) is 12.8. The topological polar surface area (TPSA) is 51.5 Å². The number of hydrogen-bond acceptors (Lipinski definition) is 1. The minimum atomic E-state index is 0. The fourth-order valence-electron chi connectivity index (χ4n) is 1.35. The molecule has 0 aromatic rings. The van der Waals surface area contributed by atoms with Gasteiger partial charge in [-0.1, -0.05) is 6.42 Å². The molecule has 0 aromatic heterocycles. The van der Waals surface area contributed by atoms with Gasteiger partial charge in [-0.25, -0.2) is 0 Å². The van der Waals surface area contributed by atoms with E-state index >= 15 is 0 Å². The van der Waals surface area contributed by atoms with Crippen molar-refractivity contribution in [2.75, 3.05) is 41.8 Å². The Morgan fingerprint density at radius 1 is 1.06 bits per heavy atom. The van der Waals surface area contributed by atoms with Crippen LogP contribution in [-0.4, -0.2) is 47.2 Å². The molecular weight excluding hydrogens is 416 g/mol. The summed E-state index contributed by atoms with van der Waals surface area (Å²) in [6.45, 7) is 0.699. The van der Waals surface area contributed by atoms with Crippen molar-refractivity contribution >= 4 is 11.6 Å². The summed E-state index contributed by atoms with van der Waals surface area (Å²) in [5, 5.41) is 7.32. The van der Waals surface area contributed by atoms with E-state index in [4.69, 9.17) is 16.4 Å². The summed E-state index contributed by atoms with van der Waals surface area (Å²) >= 11 is 5.99. The van der Waals surface area contributed by atoms with Crippen LogP contribution >= 0.6 is 11.6 Å². The van der Waals surface area contributed by atoms with E-state index in [0.29, 0.717) is 17.9 Å². The Morgan fingerprint density at radius 3 is 1.78 bits per heavy atom. The summed E-state index contributed by atoms with van der Waals surface area (Å²) < 4.78 is 0. The van der Waals surface area contributed by atoms with Gasteiger partial charge in [0.1, 0.15) is 0 Å². The molecule has 1 saturated carbocycles. The Hall–Kier alpha value is 1.00. The van der Waals surface area contributed by atoms with Crippen LogP contribution in [0.1, 0.15) is 19.3 Å². The molecule has 0 radical (unpaired) electrons. The van der Waals surface area contributed by atoms with Crippen LogP contribution in [0.5, 0.6) is 0 Å². The number of hydroxylamine groups is 1. The van der Waals surface area contributed by atoms with E-state index in [0.717, 1.165) is 6.42 Å². The van der Waals surface area contributed by atoms with Gasteiger partial charge >= 0.3 is 25.8 Å². The van der Waals surface area contributed by atoms with Crippen molar-refractivity contribution in [1.29, 1.82) is 0 Å². The molecule has 0 spiro atoms. The minimum absolute atomic E-state index is 0. The summed E-state index contributed by atoms with van der Waals surface area (Å²) in [7, 11) is 8.65. The molecule has 0 amide bonds. The van der Waals surface area contributed by atoms with E-state index < -0.39 is 0 Å². The largest absolute Gasteiger partial charge is 4.00 e. The quantitative estimate of drug-likeness (QED) is 0.281. The van der Waals surface area contributed by atoms with Gasteiger partial charge in [-0.15, -0.1) is 18.6 Å². The van der Waals surface area contributed by atoms with Crippen molar-refractivity contribution in [2.45, 2.75) is 24.6 Å². The van der Waals surface area contributed by atoms with Crippen LogP contribution in [0.2, 0.25) is 0 Å². The maximum atomic E-state index is 5.99. The van der Waals surface area contributed by atoms with Gasteiger partial charge in [-0.2, -0.15) is 28.2 Å². The van der Waals surface area contributed by atoms with Crippen LogP contribution in [0.3, 0.4) is 0 Å². The Balaban J connectivity index is -0.000000106. The van der Waals surface area contributed by atoms with Gasteiger partial charge in [0.15, 0.2) is 0 Å². The van der Waals surface area contributed by atoms with E-state index in [1.165, 1.54) is 12.8 Å². The molecule has 0 bridgehead atoms. The molecule has 0 aromatic carbocycles. The molecule has 108 valence electrons. The van der Waals surface area contributed by atoms with Crippen molar-refractivity contribution in [3.05, 3.63) is 23.5 Å². The third kappa shape index (κ3) is 19.3. The predicted molar refractivity (Wildman–Crippen MR) is 79.0 cm³/mol. The van der Waals surface area contributed by atoms with Crippen molar-refractivity contribution in [2.24, 2.45) is 5.92 Å². The third-order valence-electron chi connectivity index (χ3n) is 1.98. The molecule has 1 rings (SSSR count). The van der Waals surface area contributed by atoms with E-state index in [1.54, 1.807) is 35.2 Å². The van der Waals surface area contributed by atoms with Gasteiger partial charge in [0.05, 0.1) is 0 Å². The Morgan fingerprint density at radius 2 is 1.50 bits per heavy atom. The Kier molecular flexibility index (Phi) is 35.1. The second-order valence-corrected chi connectivity index (χ2v) is 4.14. The molecule has 1 aliphatic carbocycles. The summed E-state index contributed by atoms with van der Waals surface area (Å²) in [6.07, 6.45) is 3.58. The summed E-state index contributed by atoms with van der Waals surface area (Å²) in [5.41, 5.74) is 3.57. The smallest absolute Gasteiger partial charge is 0.668 e. The molecule has 2 unspecified atom stereocenters. The fraction of sp³-hybridized carbons (Fsp3) is 0.917. The molecule has 18 heavy (non-hydrogen) atoms. The summed E-state index contributed by atoms with van der Waals surface area (Å²) in [6, 6.07) is 0. The molecule has 0 aliphatic heterocycles. The van der Waals surface area contributed by atoms with Gasteiger partial charge < -0.3 is 28.4 Å². The Bertz CT molecular complexity index is 132. The number of hydrogen-bond donors (Lipinski definition) is 0. The van der Waals surface area contributed by atoms with Gasteiger partial charge in [-0.05, 0) is 18.8 Å². The predicted octanol–water partition coefficient (Wildman–Crippen LogP) is 4.02. The number of halogens is 1. The number of rotatable bonds is 3. The first-order chi connectivity index (χ1) is 7.67. The summed E-state index contributed by atoms with van der Waals surface area (Å²) in [4.78, 5) is 4.93. The van der Waals surface area contributed by atoms with E-state index in [-0.39, 0.29) is 33.3 Å². The second kappa shape index (κ2) is 23.1. The average molecular weight is 444 g/mol. The molecule has 6 heteroatoms. The maximum Gasteiger partial charge on any atom is 4.00 e. The molecule has 0 N–H and O–H groups in total. The SMILES string of the molecule is C[N-]C.C[N-]C.C[N-]OCC1CCCC1Cl.[CH3-].[Hf+4]. The van der Waals surface area contributed by atoms with Crippen LogP contribution in [0.15, 0.2) is 0 Å². The number of nitrogens with zero attached hydrogens (tertiary/aromatic N) is 3. The monoisotopic (exact) mass is 445 g/mol. The normalized spacial score (nSPS) is 20.3. The van der Waals surface area contributed by atoms with Crippen LogP contribution in [-0.2, 0) is 30.7 Å². The first-order valence-electron chi connectivity index (χ1n) is 5.48. The van der Waals surface area contributed by atoms with Crippen molar-refractivity contribution in [3.8, 4) is 0 Å². The second-order valence-electron chi connectivity index (χ2n) is 3.58. The molecule has 0 saturated heterocycles. The summed E-state index contributed by atoms with van der Waals surface area (Å²) in [5.74, 6) is 0.533. The minimum Gasteiger partial charge on any atom is -0.668 e. The van der Waals surface area contributed by atoms with Gasteiger partial charge in [0.25, 0.3) is 0 Å². The van der Waals surface area contributed by atoms with Gasteiger partial charge in [0, 0.05) is 12.0 Å². The molecule has 0 heterocycles. The third-order valence-corrected chi connectivity index (χ3v) is 2.56. The Labute approximate surface area is 138 Å². The zero-order valence-electron chi connectivity index (χ0n) is 12.6. The molecule has 2 atom stereocenters. The number of alkyl halides is 1. The first kappa shape index (κ1) is 27.4. The van der Waals surface area contributed by atoms with E-state index in [2.05, 4.69) is 16.1 Å². The molecule has 1 fully saturated rings. The van der Waals surface area contributed by atoms with E-state index in [9.17, 15) is 0 Å². The van der Waals surface area contributed by atoms with Crippen LogP contribution < -0.4 is 0 Å². The standard InChI is InChI=1S/C7H13ClNO.2C2H6N.CH3.Hf/c1-9-10-5-6-3-2-4-7(6)8;2*1-3-2;;/h6-7H,2-5H2,1H3;2*1-2H3;1H3;/q4*-1;+4. The molecule has 1 aliphatic rings. The zero-order valence-corrected chi connectivity index (χ0v) is 17.0. The van der Waals surface area contributed by atoms with Gasteiger partial charge in [-0.3, -0.25) is 0 Å². The van der Waals surface area contributed by atoms with Crippen LogP contribution in [0.25, 0.3) is 16.1 Å². The molecular formula is C12H28ClHfN3O. The van der Waals surface area contributed by atoms with E-state index in [1.807, 2.05) is 0 Å².